The molecule has 1 atom stereocenters. The van der Waals surface area contributed by atoms with Gasteiger partial charge in [0.15, 0.2) is 11.6 Å². The topological polar surface area (TPSA) is 127 Å². The minimum absolute atomic E-state index is 0.109. The summed E-state index contributed by atoms with van der Waals surface area (Å²) in [6, 6.07) is 10.9. The zero-order valence-electron chi connectivity index (χ0n) is 21.1. The first-order valence-electron chi connectivity index (χ1n) is 12.3. The normalized spacial score (nSPS) is 14.1. The number of halogens is 3. The molecule has 9 nitrogen and oxygen atoms in total. The number of nitrogens with zero attached hydrogens (tertiary/aromatic N) is 3. The van der Waals surface area contributed by atoms with E-state index in [-0.39, 0.29) is 23.9 Å². The molecule has 2 aromatic carbocycles. The lowest BCUT2D eigenvalue weighted by atomic mass is 9.79. The van der Waals surface area contributed by atoms with Crippen molar-refractivity contribution in [2.24, 2.45) is 0 Å². The first-order valence-corrected chi connectivity index (χ1v) is 13.7. The minimum atomic E-state index is -2.57. The van der Waals surface area contributed by atoms with Crippen LogP contribution in [0.5, 0.6) is 0 Å². The maximum absolute atomic E-state index is 14.7. The summed E-state index contributed by atoms with van der Waals surface area (Å²) in [4.78, 5) is 13.0. The largest absolute Gasteiger partial charge is 0.491 e. The lowest BCUT2D eigenvalue weighted by Crippen LogP contribution is -2.34. The standard InChI is InChI=1S/C26H24BClF2N4O5S/c1-31-26(35)22-21-10-19(14-2-3-14)17(13-34(21)32-25(22)15-4-7-18(28)8-5-15)12-33(40(38)39)11-16-6-9-20(27(36)37)24(30)23(16)29/h4-10,13-14,36-37H,2-3,11-12H2,1H3,(H,31,35)(H,38,39). The highest BCUT2D eigenvalue weighted by Gasteiger charge is 2.31. The van der Waals surface area contributed by atoms with E-state index in [4.69, 9.17) is 11.6 Å². The van der Waals surface area contributed by atoms with Crippen molar-refractivity contribution in [1.82, 2.24) is 19.2 Å². The van der Waals surface area contributed by atoms with Gasteiger partial charge in [0.25, 0.3) is 5.91 Å². The second-order valence-electron chi connectivity index (χ2n) is 9.51. The summed E-state index contributed by atoms with van der Waals surface area (Å²) in [5.41, 5.74) is 2.65. The number of fused-ring (bicyclic) bond motifs is 1. The Balaban J connectivity index is 1.57. The van der Waals surface area contributed by atoms with E-state index >= 15 is 0 Å². The fourth-order valence-corrected chi connectivity index (χ4v) is 5.31. The molecular weight excluding hydrogens is 565 g/mol. The van der Waals surface area contributed by atoms with Gasteiger partial charge in [-0.25, -0.2) is 17.5 Å². The van der Waals surface area contributed by atoms with Crippen molar-refractivity contribution in [3.63, 3.8) is 0 Å². The third kappa shape index (κ3) is 5.53. The first kappa shape index (κ1) is 28.3. The second-order valence-corrected chi connectivity index (χ2v) is 10.9. The van der Waals surface area contributed by atoms with Gasteiger partial charge in [0.1, 0.15) is 5.69 Å². The zero-order valence-corrected chi connectivity index (χ0v) is 22.7. The Morgan fingerprint density at radius 2 is 1.82 bits per heavy atom. The lowest BCUT2D eigenvalue weighted by molar-refractivity contribution is 0.0965. The summed E-state index contributed by atoms with van der Waals surface area (Å²) < 4.78 is 53.9. The fourth-order valence-electron chi connectivity index (χ4n) is 4.68. The van der Waals surface area contributed by atoms with Gasteiger partial charge in [0.05, 0.1) is 11.1 Å². The van der Waals surface area contributed by atoms with Crippen LogP contribution in [-0.2, 0) is 24.4 Å². The molecule has 2 heterocycles. The highest BCUT2D eigenvalue weighted by atomic mass is 35.5. The minimum Gasteiger partial charge on any atom is -0.423 e. The number of pyridine rings is 1. The second kappa shape index (κ2) is 11.4. The van der Waals surface area contributed by atoms with Crippen LogP contribution in [-0.4, -0.2) is 52.8 Å². The van der Waals surface area contributed by atoms with Crippen LogP contribution < -0.4 is 10.8 Å². The van der Waals surface area contributed by atoms with Crippen molar-refractivity contribution >= 4 is 46.9 Å². The number of hydrogen-bond acceptors (Lipinski definition) is 5. The quantitative estimate of drug-likeness (QED) is 0.176. The number of nitrogens with one attached hydrogen (secondary N) is 1. The number of amides is 1. The molecule has 0 saturated heterocycles. The molecule has 1 saturated carbocycles. The molecule has 4 N–H and O–H groups in total. The number of aromatic nitrogens is 2. The van der Waals surface area contributed by atoms with Gasteiger partial charge in [-0.2, -0.15) is 9.40 Å². The van der Waals surface area contributed by atoms with E-state index in [0.717, 1.165) is 34.8 Å². The van der Waals surface area contributed by atoms with E-state index in [1.54, 1.807) is 30.5 Å². The summed E-state index contributed by atoms with van der Waals surface area (Å²) >= 11 is 3.47. The van der Waals surface area contributed by atoms with Crippen molar-refractivity contribution < 1.29 is 32.4 Å². The molecule has 1 fully saturated rings. The van der Waals surface area contributed by atoms with Crippen molar-refractivity contribution in [1.29, 1.82) is 0 Å². The van der Waals surface area contributed by atoms with Crippen molar-refractivity contribution in [3.8, 4) is 11.3 Å². The maximum atomic E-state index is 14.7. The molecule has 0 bridgehead atoms. The van der Waals surface area contributed by atoms with Crippen LogP contribution in [0.2, 0.25) is 5.02 Å². The molecule has 40 heavy (non-hydrogen) atoms. The predicted octanol–water partition coefficient (Wildman–Crippen LogP) is 2.99. The number of rotatable bonds is 9. The number of hydrogen-bond donors (Lipinski definition) is 4. The van der Waals surface area contributed by atoms with Gasteiger partial charge in [-0.15, -0.1) is 0 Å². The molecular formula is C26H24BClF2N4O5S. The zero-order chi connectivity index (χ0) is 28.7. The van der Waals surface area contributed by atoms with Gasteiger partial charge in [-0.05, 0) is 48.1 Å². The Kier molecular flexibility index (Phi) is 8.04. The van der Waals surface area contributed by atoms with Crippen molar-refractivity contribution in [3.05, 3.63) is 87.6 Å². The average molecular weight is 589 g/mol. The Hall–Kier alpha value is -3.20. The van der Waals surface area contributed by atoms with E-state index in [2.05, 4.69) is 10.4 Å². The number of benzene rings is 2. The average Bonchev–Trinajstić information content (AvgIpc) is 3.70. The van der Waals surface area contributed by atoms with E-state index in [9.17, 15) is 32.4 Å². The van der Waals surface area contributed by atoms with Gasteiger partial charge in [-0.3, -0.25) is 9.35 Å². The Bertz CT molecular complexity index is 1630. The molecule has 208 valence electrons. The molecule has 0 spiro atoms. The lowest BCUT2D eigenvalue weighted by Gasteiger charge is -2.21. The number of carbonyl (C=O) groups excluding carboxylic acids is 1. The van der Waals surface area contributed by atoms with Gasteiger partial charge in [0.2, 0.25) is 11.3 Å². The third-order valence-corrected chi connectivity index (χ3v) is 7.81. The highest BCUT2D eigenvalue weighted by molar-refractivity contribution is 7.76. The summed E-state index contributed by atoms with van der Waals surface area (Å²) in [5.74, 6) is -2.94. The molecule has 2 aromatic heterocycles. The summed E-state index contributed by atoms with van der Waals surface area (Å²) in [7, 11) is -0.677. The van der Waals surface area contributed by atoms with Gasteiger partial charge < -0.3 is 15.4 Å². The predicted molar refractivity (Wildman–Crippen MR) is 147 cm³/mol. The SMILES string of the molecule is CNC(=O)c1c(-c2ccc(Cl)cc2)nn2cc(CN(Cc3ccc(B(O)O)c(F)c3F)S(=O)O)c(C3CC3)cc12. The van der Waals surface area contributed by atoms with Crippen LogP contribution in [0.1, 0.15) is 45.8 Å². The van der Waals surface area contributed by atoms with Crippen LogP contribution in [0.4, 0.5) is 8.78 Å². The molecule has 5 rings (SSSR count). The monoisotopic (exact) mass is 588 g/mol. The van der Waals surface area contributed by atoms with Crippen LogP contribution in [0.3, 0.4) is 0 Å². The third-order valence-electron chi connectivity index (χ3n) is 6.86. The van der Waals surface area contributed by atoms with E-state index in [0.29, 0.717) is 32.9 Å². The smallest absolute Gasteiger partial charge is 0.423 e. The van der Waals surface area contributed by atoms with Crippen molar-refractivity contribution in [2.45, 2.75) is 31.8 Å². The molecule has 1 unspecified atom stereocenters. The molecule has 4 aromatic rings. The van der Waals surface area contributed by atoms with Crippen LogP contribution in [0.15, 0.2) is 48.7 Å². The highest BCUT2D eigenvalue weighted by Crippen LogP contribution is 2.43. The van der Waals surface area contributed by atoms with Crippen LogP contribution in [0, 0.1) is 11.6 Å². The first-order chi connectivity index (χ1) is 19.1. The molecule has 1 amide bonds. The molecule has 0 aliphatic heterocycles. The van der Waals surface area contributed by atoms with E-state index in [1.807, 2.05) is 6.07 Å². The maximum Gasteiger partial charge on any atom is 0.491 e. The number of carbonyl (C=O) groups is 1. The van der Waals surface area contributed by atoms with Crippen LogP contribution in [0.25, 0.3) is 16.8 Å². The van der Waals surface area contributed by atoms with E-state index < -0.39 is 42.0 Å². The molecule has 1 aliphatic rings. The van der Waals surface area contributed by atoms with E-state index in [1.165, 1.54) is 11.6 Å². The Labute approximate surface area is 236 Å². The molecule has 1 aliphatic carbocycles. The fraction of sp³-hybridized carbons (Fsp3) is 0.231. The van der Waals surface area contributed by atoms with Gasteiger partial charge in [-0.1, -0.05) is 35.9 Å². The van der Waals surface area contributed by atoms with Gasteiger partial charge >= 0.3 is 7.12 Å². The van der Waals surface area contributed by atoms with Gasteiger partial charge in [0, 0.05) is 47.9 Å². The van der Waals surface area contributed by atoms with Crippen LogP contribution >= 0.6 is 11.6 Å². The van der Waals surface area contributed by atoms with Crippen molar-refractivity contribution in [2.75, 3.05) is 7.05 Å². The Morgan fingerprint density at radius 3 is 2.42 bits per heavy atom. The summed E-state index contributed by atoms with van der Waals surface area (Å²) in [6.07, 6.45) is 3.46. The molecule has 0 radical (unpaired) electrons. The summed E-state index contributed by atoms with van der Waals surface area (Å²) in [5, 5.41) is 26.3. The summed E-state index contributed by atoms with van der Waals surface area (Å²) in [6.45, 7) is -0.545. The Morgan fingerprint density at radius 1 is 1.15 bits per heavy atom. The molecule has 14 heteroatoms.